The van der Waals surface area contributed by atoms with E-state index in [1.165, 1.54) is 0 Å². The summed E-state index contributed by atoms with van der Waals surface area (Å²) in [4.78, 5) is 16.2. The van der Waals surface area contributed by atoms with Gasteiger partial charge in [-0.3, -0.25) is 4.79 Å². The van der Waals surface area contributed by atoms with E-state index in [1.807, 2.05) is 6.92 Å². The minimum Gasteiger partial charge on any atom is -0.396 e. The van der Waals surface area contributed by atoms with Gasteiger partial charge in [-0.05, 0) is 51.0 Å². The number of carbonyl (C=O) groups excluding carboxylic acids is 1. The number of nitrogens with zero attached hydrogens (tertiary/aromatic N) is 2. The van der Waals surface area contributed by atoms with Gasteiger partial charge in [0.15, 0.2) is 5.82 Å². The molecule has 0 radical (unpaired) electrons. The van der Waals surface area contributed by atoms with Gasteiger partial charge in [0.25, 0.3) is 11.8 Å². The van der Waals surface area contributed by atoms with Crippen molar-refractivity contribution in [3.8, 4) is 11.5 Å². The Hall–Kier alpha value is -2.21. The average Bonchev–Trinajstić information content (AvgIpc) is 2.92. The number of aromatic nitrogens is 2. The molecule has 1 heterocycles. The highest BCUT2D eigenvalue weighted by Crippen LogP contribution is 2.17. The average molecular weight is 289 g/mol. The summed E-state index contributed by atoms with van der Waals surface area (Å²) < 4.78 is 5.07. The first-order valence-corrected chi connectivity index (χ1v) is 6.92. The monoisotopic (exact) mass is 289 g/mol. The van der Waals surface area contributed by atoms with Crippen LogP contribution in [-0.4, -0.2) is 33.8 Å². The first-order chi connectivity index (χ1) is 10.1. The molecule has 1 amide bonds. The molecule has 2 N–H and O–H groups in total. The minimum absolute atomic E-state index is 0.0305. The number of aliphatic hydroxyl groups is 1. The van der Waals surface area contributed by atoms with Gasteiger partial charge in [-0.1, -0.05) is 5.16 Å². The Morgan fingerprint density at radius 3 is 2.67 bits per heavy atom. The highest BCUT2D eigenvalue weighted by atomic mass is 16.5. The summed E-state index contributed by atoms with van der Waals surface area (Å²) in [6.07, 6.45) is 1.43. The van der Waals surface area contributed by atoms with Gasteiger partial charge in [0.2, 0.25) is 0 Å². The van der Waals surface area contributed by atoms with Crippen molar-refractivity contribution < 1.29 is 14.4 Å². The Balaban J connectivity index is 2.00. The van der Waals surface area contributed by atoms with E-state index in [-0.39, 0.29) is 18.6 Å². The normalized spacial score (nSPS) is 12.1. The zero-order chi connectivity index (χ0) is 15.2. The van der Waals surface area contributed by atoms with Gasteiger partial charge in [0.1, 0.15) is 0 Å². The number of hydrogen-bond acceptors (Lipinski definition) is 5. The number of carbonyl (C=O) groups is 1. The van der Waals surface area contributed by atoms with Crippen LogP contribution in [-0.2, 0) is 0 Å². The molecule has 1 atom stereocenters. The van der Waals surface area contributed by atoms with Gasteiger partial charge < -0.3 is 14.9 Å². The molecular formula is C15H19N3O3. The Bertz CT molecular complexity index is 592. The van der Waals surface area contributed by atoms with Crippen molar-refractivity contribution in [3.05, 3.63) is 35.7 Å². The highest BCUT2D eigenvalue weighted by Gasteiger charge is 2.11. The minimum atomic E-state index is -0.131. The van der Waals surface area contributed by atoms with Crippen molar-refractivity contribution in [2.45, 2.75) is 32.7 Å². The lowest BCUT2D eigenvalue weighted by molar-refractivity contribution is 0.0936. The fourth-order valence-corrected chi connectivity index (χ4v) is 1.96. The second-order valence-corrected chi connectivity index (χ2v) is 4.96. The lowest BCUT2D eigenvalue weighted by atomic mass is 10.1. The maximum absolute atomic E-state index is 12.0. The maximum atomic E-state index is 12.0. The Labute approximate surface area is 123 Å². The molecule has 0 spiro atoms. The molecule has 21 heavy (non-hydrogen) atoms. The Morgan fingerprint density at radius 1 is 1.38 bits per heavy atom. The van der Waals surface area contributed by atoms with Crippen LogP contribution in [0.2, 0.25) is 0 Å². The molecule has 2 aromatic rings. The summed E-state index contributed by atoms with van der Waals surface area (Å²) in [5.74, 6) is 0.883. The summed E-state index contributed by atoms with van der Waals surface area (Å²) in [6.45, 7) is 3.81. The van der Waals surface area contributed by atoms with Crippen molar-refractivity contribution in [3.63, 3.8) is 0 Å². The van der Waals surface area contributed by atoms with Crippen LogP contribution in [0.25, 0.3) is 11.5 Å². The van der Waals surface area contributed by atoms with Crippen molar-refractivity contribution in [2.24, 2.45) is 0 Å². The molecule has 112 valence electrons. The predicted octanol–water partition coefficient (Wildman–Crippen LogP) is 1.94. The number of benzene rings is 1. The summed E-state index contributed by atoms with van der Waals surface area (Å²) in [5, 5.41) is 15.4. The van der Waals surface area contributed by atoms with Gasteiger partial charge in [-0.2, -0.15) is 4.98 Å². The molecule has 0 aliphatic carbocycles. The van der Waals surface area contributed by atoms with Gasteiger partial charge in [0.05, 0.1) is 0 Å². The lowest BCUT2D eigenvalue weighted by Gasteiger charge is -2.13. The van der Waals surface area contributed by atoms with Gasteiger partial charge in [-0.15, -0.1) is 0 Å². The van der Waals surface area contributed by atoms with E-state index in [4.69, 9.17) is 9.63 Å². The number of aliphatic hydroxyl groups excluding tert-OH is 1. The van der Waals surface area contributed by atoms with Crippen LogP contribution in [0.5, 0.6) is 0 Å². The third kappa shape index (κ3) is 4.13. The third-order valence-corrected chi connectivity index (χ3v) is 3.09. The van der Waals surface area contributed by atoms with E-state index in [2.05, 4.69) is 15.5 Å². The molecule has 2 rings (SSSR count). The number of hydrogen-bond donors (Lipinski definition) is 2. The molecule has 0 aliphatic rings. The summed E-state index contributed by atoms with van der Waals surface area (Å²) in [6, 6.07) is 7.04. The molecular weight excluding hydrogens is 270 g/mol. The topological polar surface area (TPSA) is 88.2 Å². The van der Waals surface area contributed by atoms with Crippen LogP contribution < -0.4 is 5.32 Å². The standard InChI is InChI=1S/C15H19N3O3/c1-10(4-3-9-19)16-14(20)12-5-7-13(8-6-12)15-17-11(2)18-21-15/h5-8,10,19H,3-4,9H2,1-2H3,(H,16,20). The molecule has 0 saturated heterocycles. The molecule has 1 aromatic heterocycles. The van der Waals surface area contributed by atoms with E-state index in [1.54, 1.807) is 31.2 Å². The SMILES string of the molecule is Cc1noc(-c2ccc(C(=O)NC(C)CCCO)cc2)n1. The van der Waals surface area contributed by atoms with Crippen molar-refractivity contribution in [2.75, 3.05) is 6.61 Å². The van der Waals surface area contributed by atoms with Crippen LogP contribution in [0.15, 0.2) is 28.8 Å². The molecule has 1 aromatic carbocycles. The molecule has 0 saturated carbocycles. The second kappa shape index (κ2) is 6.99. The predicted molar refractivity (Wildman–Crippen MR) is 77.7 cm³/mol. The molecule has 0 bridgehead atoms. The van der Waals surface area contributed by atoms with E-state index >= 15 is 0 Å². The number of rotatable bonds is 6. The largest absolute Gasteiger partial charge is 0.396 e. The summed E-state index contributed by atoms with van der Waals surface area (Å²) >= 11 is 0. The third-order valence-electron chi connectivity index (χ3n) is 3.09. The zero-order valence-electron chi connectivity index (χ0n) is 12.2. The molecule has 6 nitrogen and oxygen atoms in total. The zero-order valence-corrected chi connectivity index (χ0v) is 12.2. The molecule has 0 aliphatic heterocycles. The van der Waals surface area contributed by atoms with Gasteiger partial charge in [0, 0.05) is 23.8 Å². The van der Waals surface area contributed by atoms with Crippen LogP contribution in [0.3, 0.4) is 0 Å². The van der Waals surface area contributed by atoms with Crippen LogP contribution in [0.4, 0.5) is 0 Å². The second-order valence-electron chi connectivity index (χ2n) is 4.96. The molecule has 1 unspecified atom stereocenters. The first-order valence-electron chi connectivity index (χ1n) is 6.92. The fraction of sp³-hybridized carbons (Fsp3) is 0.400. The Morgan fingerprint density at radius 2 is 2.10 bits per heavy atom. The van der Waals surface area contributed by atoms with Crippen LogP contribution >= 0.6 is 0 Å². The summed E-state index contributed by atoms with van der Waals surface area (Å²) in [5.41, 5.74) is 1.35. The number of amides is 1. The quantitative estimate of drug-likeness (QED) is 0.848. The van der Waals surface area contributed by atoms with Gasteiger partial charge >= 0.3 is 0 Å². The maximum Gasteiger partial charge on any atom is 0.257 e. The van der Waals surface area contributed by atoms with Crippen LogP contribution in [0.1, 0.15) is 35.9 Å². The van der Waals surface area contributed by atoms with E-state index < -0.39 is 0 Å². The first kappa shape index (κ1) is 15.2. The highest BCUT2D eigenvalue weighted by molar-refractivity contribution is 5.94. The fourth-order valence-electron chi connectivity index (χ4n) is 1.96. The lowest BCUT2D eigenvalue weighted by Crippen LogP contribution is -2.32. The van der Waals surface area contributed by atoms with Gasteiger partial charge in [-0.25, -0.2) is 0 Å². The van der Waals surface area contributed by atoms with Crippen molar-refractivity contribution >= 4 is 5.91 Å². The van der Waals surface area contributed by atoms with Crippen molar-refractivity contribution in [1.82, 2.24) is 15.5 Å². The van der Waals surface area contributed by atoms with Crippen LogP contribution in [0, 0.1) is 6.92 Å². The van der Waals surface area contributed by atoms with E-state index in [0.29, 0.717) is 23.7 Å². The number of nitrogens with one attached hydrogen (secondary N) is 1. The molecule has 0 fully saturated rings. The van der Waals surface area contributed by atoms with Crippen molar-refractivity contribution in [1.29, 1.82) is 0 Å². The summed E-state index contributed by atoms with van der Waals surface area (Å²) in [7, 11) is 0. The number of aryl methyl sites for hydroxylation is 1. The van der Waals surface area contributed by atoms with E-state index in [9.17, 15) is 4.79 Å². The molecule has 6 heteroatoms. The Kier molecular flexibility index (Phi) is 5.05. The van der Waals surface area contributed by atoms with E-state index in [0.717, 1.165) is 12.0 Å². The smallest absolute Gasteiger partial charge is 0.257 e.